The number of benzene rings is 1. The number of ketones is 1. The first-order valence-corrected chi connectivity index (χ1v) is 8.01. The van der Waals surface area contributed by atoms with E-state index < -0.39 is 0 Å². The highest BCUT2D eigenvalue weighted by atomic mass is 16.1. The molecule has 0 atom stereocenters. The number of carbonyl (C=O) groups is 1. The predicted octanol–water partition coefficient (Wildman–Crippen LogP) is 3.03. The highest BCUT2D eigenvalue weighted by molar-refractivity contribution is 6.17. The van der Waals surface area contributed by atoms with Crippen molar-refractivity contribution in [1.82, 2.24) is 14.8 Å². The number of rotatable bonds is 3. The zero-order valence-corrected chi connectivity index (χ0v) is 14.6. The maximum Gasteiger partial charge on any atom is 0.194 e. The molecule has 3 rings (SSSR count). The van der Waals surface area contributed by atoms with Gasteiger partial charge in [0, 0.05) is 45.3 Å². The molecule has 5 heteroatoms. The molecular weight excluding hydrogens is 300 g/mol. The minimum absolute atomic E-state index is 0.0362. The number of Topliss-reactive ketones (excluding diaryl/α,β-unsaturated/α-hetero) is 1. The maximum absolute atomic E-state index is 13.0. The lowest BCUT2D eigenvalue weighted by Gasteiger charge is -2.21. The fourth-order valence-corrected chi connectivity index (χ4v) is 2.93. The molecule has 0 N–H and O–H groups in total. The average Bonchev–Trinajstić information content (AvgIpc) is 2.54. The van der Waals surface area contributed by atoms with Gasteiger partial charge in [-0.2, -0.15) is 0 Å². The van der Waals surface area contributed by atoms with Crippen LogP contribution in [0.15, 0.2) is 41.0 Å². The van der Waals surface area contributed by atoms with Crippen molar-refractivity contribution in [3.63, 3.8) is 0 Å². The lowest BCUT2D eigenvalue weighted by Crippen LogP contribution is -2.19. The Kier molecular flexibility index (Phi) is 4.34. The van der Waals surface area contributed by atoms with Crippen LogP contribution in [0, 0.1) is 0 Å². The number of aliphatic imine (C=N–C) groups is 1. The second kappa shape index (κ2) is 6.43. The van der Waals surface area contributed by atoms with Crippen molar-refractivity contribution in [2.45, 2.75) is 12.8 Å². The zero-order chi connectivity index (χ0) is 17.3. The summed E-state index contributed by atoms with van der Waals surface area (Å²) < 4.78 is 0. The molecule has 0 saturated heterocycles. The van der Waals surface area contributed by atoms with Crippen molar-refractivity contribution >= 4 is 28.7 Å². The summed E-state index contributed by atoms with van der Waals surface area (Å²) in [6.45, 7) is 0. The van der Waals surface area contributed by atoms with Gasteiger partial charge < -0.3 is 9.80 Å². The van der Waals surface area contributed by atoms with Gasteiger partial charge in [-0.1, -0.05) is 18.2 Å². The van der Waals surface area contributed by atoms with E-state index in [1.807, 2.05) is 68.5 Å². The molecule has 124 valence electrons. The Morgan fingerprint density at radius 3 is 2.54 bits per heavy atom. The van der Waals surface area contributed by atoms with E-state index in [4.69, 9.17) is 4.98 Å². The molecule has 0 amide bonds. The van der Waals surface area contributed by atoms with Gasteiger partial charge >= 0.3 is 0 Å². The lowest BCUT2D eigenvalue weighted by molar-refractivity contribution is 0.102. The number of fused-ring (bicyclic) bond motifs is 2. The third kappa shape index (κ3) is 3.02. The SMILES string of the molecule is CN(C)C=Nc1c2c(nc3ccccc13)CC/C(=C/N(C)C)C2=O. The number of nitrogens with zero attached hydrogens (tertiary/aromatic N) is 4. The monoisotopic (exact) mass is 322 g/mol. The molecule has 5 nitrogen and oxygen atoms in total. The second-order valence-corrected chi connectivity index (χ2v) is 6.45. The van der Waals surface area contributed by atoms with Gasteiger partial charge in [0.1, 0.15) is 0 Å². The van der Waals surface area contributed by atoms with Gasteiger partial charge in [0.15, 0.2) is 5.78 Å². The van der Waals surface area contributed by atoms with E-state index in [2.05, 4.69) is 4.99 Å². The Hall–Kier alpha value is -2.69. The molecule has 1 aromatic heterocycles. The Morgan fingerprint density at radius 1 is 1.08 bits per heavy atom. The summed E-state index contributed by atoms with van der Waals surface area (Å²) in [5.74, 6) is 0.0362. The van der Waals surface area contributed by atoms with Crippen molar-refractivity contribution in [3.8, 4) is 0 Å². The van der Waals surface area contributed by atoms with Crippen LogP contribution in [0.3, 0.4) is 0 Å². The van der Waals surface area contributed by atoms with Gasteiger partial charge in [-0.05, 0) is 18.9 Å². The summed E-state index contributed by atoms with van der Waals surface area (Å²) in [6, 6.07) is 7.86. The van der Waals surface area contributed by atoms with Crippen LogP contribution in [0.5, 0.6) is 0 Å². The molecule has 1 aliphatic rings. The van der Waals surface area contributed by atoms with E-state index in [-0.39, 0.29) is 5.78 Å². The van der Waals surface area contributed by atoms with Crippen LogP contribution in [0.2, 0.25) is 0 Å². The van der Waals surface area contributed by atoms with Crippen LogP contribution >= 0.6 is 0 Å². The minimum Gasteiger partial charge on any atom is -0.383 e. The highest BCUT2D eigenvalue weighted by Gasteiger charge is 2.28. The first-order valence-electron chi connectivity index (χ1n) is 8.01. The number of carbonyl (C=O) groups excluding carboxylic acids is 1. The molecule has 1 heterocycles. The van der Waals surface area contributed by atoms with Crippen molar-refractivity contribution in [2.24, 2.45) is 4.99 Å². The van der Waals surface area contributed by atoms with E-state index in [1.165, 1.54) is 0 Å². The summed E-state index contributed by atoms with van der Waals surface area (Å²) in [7, 11) is 7.69. The van der Waals surface area contributed by atoms with Crippen molar-refractivity contribution in [1.29, 1.82) is 0 Å². The van der Waals surface area contributed by atoms with Gasteiger partial charge in [0.25, 0.3) is 0 Å². The number of allylic oxidation sites excluding steroid dienone is 1. The lowest BCUT2D eigenvalue weighted by atomic mass is 9.88. The fourth-order valence-electron chi connectivity index (χ4n) is 2.93. The van der Waals surface area contributed by atoms with Crippen LogP contribution in [0.1, 0.15) is 22.5 Å². The number of aromatic nitrogens is 1. The fraction of sp³-hybridized carbons (Fsp3) is 0.316. The van der Waals surface area contributed by atoms with E-state index in [1.54, 1.807) is 6.34 Å². The first-order chi connectivity index (χ1) is 11.5. The highest BCUT2D eigenvalue weighted by Crippen LogP contribution is 2.36. The van der Waals surface area contributed by atoms with Gasteiger partial charge in [0.2, 0.25) is 0 Å². The molecule has 2 aromatic rings. The molecule has 0 bridgehead atoms. The number of pyridine rings is 1. The minimum atomic E-state index is 0.0362. The molecule has 0 unspecified atom stereocenters. The van der Waals surface area contributed by atoms with Crippen LogP contribution in [0.25, 0.3) is 10.9 Å². The van der Waals surface area contributed by atoms with Crippen LogP contribution < -0.4 is 0 Å². The number of hydrogen-bond donors (Lipinski definition) is 0. The third-order valence-corrected chi connectivity index (χ3v) is 3.92. The standard InChI is InChI=1S/C19H22N4O/c1-22(2)11-13-9-10-16-17(19(13)24)18(20-12-23(3)4)14-7-5-6-8-15(14)21-16/h5-8,11-12H,9-10H2,1-4H3/b13-11-,20-12?. The Labute approximate surface area is 142 Å². The van der Waals surface area contributed by atoms with Crippen LogP contribution in [-0.4, -0.2) is 55.1 Å². The van der Waals surface area contributed by atoms with E-state index in [0.717, 1.165) is 34.3 Å². The third-order valence-electron chi connectivity index (χ3n) is 3.92. The quantitative estimate of drug-likeness (QED) is 0.495. The maximum atomic E-state index is 13.0. The first kappa shape index (κ1) is 16.2. The molecule has 24 heavy (non-hydrogen) atoms. The topological polar surface area (TPSA) is 48.8 Å². The Balaban J connectivity index is 2.26. The predicted molar refractivity (Wildman–Crippen MR) is 98.0 cm³/mol. The summed E-state index contributed by atoms with van der Waals surface area (Å²) >= 11 is 0. The molecule has 0 saturated carbocycles. The Bertz CT molecular complexity index is 850. The number of aryl methyl sites for hydroxylation is 1. The smallest absolute Gasteiger partial charge is 0.194 e. The molecule has 1 aliphatic carbocycles. The Morgan fingerprint density at radius 2 is 1.83 bits per heavy atom. The largest absolute Gasteiger partial charge is 0.383 e. The molecule has 0 fully saturated rings. The van der Waals surface area contributed by atoms with Crippen LogP contribution in [-0.2, 0) is 6.42 Å². The number of para-hydroxylation sites is 1. The van der Waals surface area contributed by atoms with Crippen LogP contribution in [0.4, 0.5) is 5.69 Å². The number of hydrogen-bond acceptors (Lipinski definition) is 4. The molecule has 1 aromatic carbocycles. The van der Waals surface area contributed by atoms with Crippen molar-refractivity contribution < 1.29 is 4.79 Å². The summed E-state index contributed by atoms with van der Waals surface area (Å²) in [4.78, 5) is 26.1. The zero-order valence-electron chi connectivity index (χ0n) is 14.6. The molecule has 0 radical (unpaired) electrons. The second-order valence-electron chi connectivity index (χ2n) is 6.45. The van der Waals surface area contributed by atoms with E-state index in [9.17, 15) is 4.79 Å². The summed E-state index contributed by atoms with van der Waals surface area (Å²) in [5.41, 5.74) is 3.91. The molecular formula is C19H22N4O. The van der Waals surface area contributed by atoms with E-state index in [0.29, 0.717) is 12.0 Å². The van der Waals surface area contributed by atoms with Crippen molar-refractivity contribution in [3.05, 3.63) is 47.3 Å². The molecule has 0 aliphatic heterocycles. The van der Waals surface area contributed by atoms with Gasteiger partial charge in [-0.3, -0.25) is 9.78 Å². The average molecular weight is 322 g/mol. The normalized spacial score (nSPS) is 16.0. The van der Waals surface area contributed by atoms with Gasteiger partial charge in [0.05, 0.1) is 28.8 Å². The van der Waals surface area contributed by atoms with Crippen molar-refractivity contribution in [2.75, 3.05) is 28.2 Å². The summed E-state index contributed by atoms with van der Waals surface area (Å²) in [6.07, 6.45) is 5.11. The molecule has 0 spiro atoms. The van der Waals surface area contributed by atoms with E-state index >= 15 is 0 Å². The van der Waals surface area contributed by atoms with Gasteiger partial charge in [-0.15, -0.1) is 0 Å². The summed E-state index contributed by atoms with van der Waals surface area (Å²) in [5, 5.41) is 0.911. The van der Waals surface area contributed by atoms with Gasteiger partial charge in [-0.25, -0.2) is 4.99 Å².